The van der Waals surface area contributed by atoms with Crippen LogP contribution in [0.2, 0.25) is 0 Å². The Morgan fingerprint density at radius 3 is 2.65 bits per heavy atom. The second kappa shape index (κ2) is 4.76. The van der Waals surface area contributed by atoms with E-state index in [0.717, 1.165) is 12.1 Å². The van der Waals surface area contributed by atoms with Gasteiger partial charge in [-0.25, -0.2) is 14.0 Å². The Hall–Kier alpha value is -2.98. The topological polar surface area (TPSA) is 149 Å². The van der Waals surface area contributed by atoms with Crippen LogP contribution in [0.5, 0.6) is 11.7 Å². The third-order valence-electron chi connectivity index (χ3n) is 3.27. The number of esters is 2. The quantitative estimate of drug-likeness (QED) is 0.445. The fourth-order valence-electron chi connectivity index (χ4n) is 2.02. The van der Waals surface area contributed by atoms with Gasteiger partial charge < -0.3 is 29.8 Å². The zero-order valence-corrected chi connectivity index (χ0v) is 11.1. The van der Waals surface area contributed by atoms with Gasteiger partial charge in [0.1, 0.15) is 11.4 Å². The molecule has 2 unspecified atom stereocenters. The number of furan rings is 1. The highest BCUT2D eigenvalue weighted by atomic mass is 19.1. The van der Waals surface area contributed by atoms with Crippen molar-refractivity contribution in [3.05, 3.63) is 24.0 Å². The van der Waals surface area contributed by atoms with Gasteiger partial charge in [0.25, 0.3) is 11.5 Å². The number of nitrogens with two attached hydrogens (primary N) is 1. The summed E-state index contributed by atoms with van der Waals surface area (Å²) >= 11 is 0. The Kier molecular flexibility index (Phi) is 3.09. The number of benzene rings is 1. The van der Waals surface area contributed by atoms with Gasteiger partial charge in [-0.2, -0.15) is 0 Å². The highest BCUT2D eigenvalue weighted by Crippen LogP contribution is 2.41. The lowest BCUT2D eigenvalue weighted by Gasteiger charge is -2.27. The molecule has 0 bridgehead atoms. The van der Waals surface area contributed by atoms with Gasteiger partial charge in [0.15, 0.2) is 0 Å². The molecule has 9 nitrogen and oxygen atoms in total. The molecule has 1 aliphatic rings. The maximum absolute atomic E-state index is 13.3. The Bertz CT molecular complexity index is 859. The molecule has 0 spiro atoms. The van der Waals surface area contributed by atoms with Crippen LogP contribution in [0.3, 0.4) is 0 Å². The summed E-state index contributed by atoms with van der Waals surface area (Å²) in [5.74, 6) is -6.94. The maximum Gasteiger partial charge on any atom is 0.357 e. The molecule has 120 valence electrons. The number of carbonyl (C=O) groups excluding carboxylic acids is 3. The summed E-state index contributed by atoms with van der Waals surface area (Å²) in [6.07, 6.45) is -2.63. The van der Waals surface area contributed by atoms with Gasteiger partial charge >= 0.3 is 17.9 Å². The van der Waals surface area contributed by atoms with E-state index >= 15 is 0 Å². The molecule has 0 radical (unpaired) electrons. The molecular formula is C13H8FNO8. The fourth-order valence-corrected chi connectivity index (χ4v) is 2.02. The van der Waals surface area contributed by atoms with Crippen LogP contribution >= 0.6 is 0 Å². The molecule has 1 aliphatic heterocycles. The molecule has 10 heteroatoms. The summed E-state index contributed by atoms with van der Waals surface area (Å²) in [6.45, 7) is 0. The van der Waals surface area contributed by atoms with E-state index in [1.54, 1.807) is 0 Å². The molecule has 0 saturated heterocycles. The Morgan fingerprint density at radius 1 is 1.30 bits per heavy atom. The molecule has 4 N–H and O–H groups in total. The molecule has 2 atom stereocenters. The molecule has 0 saturated carbocycles. The van der Waals surface area contributed by atoms with Gasteiger partial charge in [-0.15, -0.1) is 0 Å². The number of aliphatic hydroxyl groups is 2. The van der Waals surface area contributed by atoms with Crippen LogP contribution in [-0.2, 0) is 14.4 Å². The average molecular weight is 325 g/mol. The molecule has 3 rings (SSSR count). The molecule has 1 amide bonds. The standard InChI is InChI=1S/C13H8FNO8/c14-4-1-2-6-5(3-4)7-10(21-6)23-9(17)8(16)13(20,11(15)18)12(19)22-7/h1-3,8,16,20H,(H2,15,18). The molecule has 2 aromatic rings. The minimum Gasteiger partial charge on any atom is -0.422 e. The predicted molar refractivity (Wildman–Crippen MR) is 67.6 cm³/mol. The van der Waals surface area contributed by atoms with Crippen LogP contribution in [-0.4, -0.2) is 39.8 Å². The summed E-state index contributed by atoms with van der Waals surface area (Å²) in [7, 11) is 0. The Balaban J connectivity index is 2.22. The van der Waals surface area contributed by atoms with E-state index in [1.807, 2.05) is 0 Å². The predicted octanol–water partition coefficient (Wildman–Crippen LogP) is -1.03. The summed E-state index contributed by atoms with van der Waals surface area (Å²) in [5.41, 5.74) is 1.48. The van der Waals surface area contributed by atoms with Crippen LogP contribution in [0, 0.1) is 5.82 Å². The lowest BCUT2D eigenvalue weighted by Crippen LogP contribution is -2.64. The third-order valence-corrected chi connectivity index (χ3v) is 3.27. The fraction of sp³-hybridized carbons (Fsp3) is 0.154. The van der Waals surface area contributed by atoms with Crippen molar-refractivity contribution in [3.8, 4) is 11.7 Å². The average Bonchev–Trinajstić information content (AvgIpc) is 2.81. The van der Waals surface area contributed by atoms with Crippen LogP contribution in [0.15, 0.2) is 22.6 Å². The van der Waals surface area contributed by atoms with Crippen molar-refractivity contribution in [2.24, 2.45) is 5.73 Å². The van der Waals surface area contributed by atoms with Crippen LogP contribution < -0.4 is 15.2 Å². The largest absolute Gasteiger partial charge is 0.422 e. The number of ether oxygens (including phenoxy) is 2. The van der Waals surface area contributed by atoms with Gasteiger partial charge in [-0.3, -0.25) is 4.79 Å². The molecule has 0 aliphatic carbocycles. The Labute approximate surface area is 126 Å². The third kappa shape index (κ3) is 2.04. The van der Waals surface area contributed by atoms with E-state index in [-0.39, 0.29) is 11.0 Å². The zero-order chi connectivity index (χ0) is 16.9. The highest BCUT2D eigenvalue weighted by molar-refractivity contribution is 6.11. The molecule has 0 fully saturated rings. The van der Waals surface area contributed by atoms with Gasteiger partial charge in [-0.05, 0) is 18.2 Å². The van der Waals surface area contributed by atoms with E-state index < -0.39 is 47.1 Å². The first-order chi connectivity index (χ1) is 10.7. The number of hydrogen-bond donors (Lipinski definition) is 3. The first-order valence-electron chi connectivity index (χ1n) is 6.11. The van der Waals surface area contributed by atoms with Gasteiger partial charge in [0, 0.05) is 0 Å². The lowest BCUT2D eigenvalue weighted by atomic mass is 9.95. The van der Waals surface area contributed by atoms with Crippen LogP contribution in [0.25, 0.3) is 11.0 Å². The van der Waals surface area contributed by atoms with Crippen molar-refractivity contribution < 1.29 is 42.9 Å². The monoisotopic (exact) mass is 325 g/mol. The minimum absolute atomic E-state index is 0.00370. The number of amides is 1. The number of hydrogen-bond acceptors (Lipinski definition) is 8. The lowest BCUT2D eigenvalue weighted by molar-refractivity contribution is -0.185. The first-order valence-corrected chi connectivity index (χ1v) is 6.11. The first kappa shape index (κ1) is 14.9. The molecule has 23 heavy (non-hydrogen) atoms. The normalized spacial score (nSPS) is 24.4. The highest BCUT2D eigenvalue weighted by Gasteiger charge is 2.57. The van der Waals surface area contributed by atoms with Gasteiger partial charge in [0.05, 0.1) is 5.39 Å². The van der Waals surface area contributed by atoms with Crippen LogP contribution in [0.4, 0.5) is 4.39 Å². The second-order valence-electron chi connectivity index (χ2n) is 4.70. The van der Waals surface area contributed by atoms with Crippen molar-refractivity contribution in [1.29, 1.82) is 0 Å². The van der Waals surface area contributed by atoms with Crippen molar-refractivity contribution in [1.82, 2.24) is 0 Å². The van der Waals surface area contributed by atoms with Crippen molar-refractivity contribution in [3.63, 3.8) is 0 Å². The SMILES string of the molecule is NC(=O)C1(O)C(=O)Oc2c(oc3ccc(F)cc23)OC(=O)C1O. The number of halogens is 1. The molecule has 1 aromatic carbocycles. The summed E-state index contributed by atoms with van der Waals surface area (Å²) < 4.78 is 27.8. The number of carbonyl (C=O) groups is 3. The van der Waals surface area contributed by atoms with Gasteiger partial charge in [0.2, 0.25) is 11.9 Å². The molecule has 2 heterocycles. The zero-order valence-electron chi connectivity index (χ0n) is 11.1. The van der Waals surface area contributed by atoms with E-state index in [9.17, 15) is 29.0 Å². The van der Waals surface area contributed by atoms with E-state index in [4.69, 9.17) is 14.9 Å². The number of fused-ring (bicyclic) bond motifs is 3. The Morgan fingerprint density at radius 2 is 2.00 bits per heavy atom. The second-order valence-corrected chi connectivity index (χ2v) is 4.70. The van der Waals surface area contributed by atoms with Crippen molar-refractivity contribution in [2.45, 2.75) is 11.7 Å². The number of aliphatic hydroxyl groups excluding tert-OH is 1. The molecular weight excluding hydrogens is 317 g/mol. The smallest absolute Gasteiger partial charge is 0.357 e. The van der Waals surface area contributed by atoms with Crippen molar-refractivity contribution in [2.75, 3.05) is 0 Å². The summed E-state index contributed by atoms with van der Waals surface area (Å²) in [6, 6.07) is 3.13. The van der Waals surface area contributed by atoms with Crippen molar-refractivity contribution >= 4 is 28.8 Å². The molecule has 1 aromatic heterocycles. The van der Waals surface area contributed by atoms with E-state index in [2.05, 4.69) is 4.74 Å². The number of primary amides is 1. The van der Waals surface area contributed by atoms with Crippen LogP contribution in [0.1, 0.15) is 0 Å². The summed E-state index contributed by atoms with van der Waals surface area (Å²) in [5, 5.41) is 19.5. The number of rotatable bonds is 1. The maximum atomic E-state index is 13.3. The summed E-state index contributed by atoms with van der Waals surface area (Å²) in [4.78, 5) is 35.1. The van der Waals surface area contributed by atoms with E-state index in [1.165, 1.54) is 6.07 Å². The van der Waals surface area contributed by atoms with Gasteiger partial charge in [-0.1, -0.05) is 0 Å². The minimum atomic E-state index is -3.37. The van der Waals surface area contributed by atoms with E-state index in [0.29, 0.717) is 0 Å².